The molecule has 0 fully saturated rings. The van der Waals surface area contributed by atoms with Crippen LogP contribution in [0.15, 0.2) is 48.5 Å². The zero-order valence-corrected chi connectivity index (χ0v) is 10.6. The van der Waals surface area contributed by atoms with Crippen LogP contribution in [0.5, 0.6) is 0 Å². The number of carbonyl (C=O) groups excluding carboxylic acids is 1. The van der Waals surface area contributed by atoms with E-state index in [2.05, 4.69) is 0 Å². The van der Waals surface area contributed by atoms with Crippen molar-refractivity contribution in [3.63, 3.8) is 0 Å². The Morgan fingerprint density at radius 2 is 1.67 bits per heavy atom. The minimum atomic E-state index is -4.55. The van der Waals surface area contributed by atoms with Crippen LogP contribution in [-0.4, -0.2) is 5.97 Å². The molecule has 1 aliphatic heterocycles. The summed E-state index contributed by atoms with van der Waals surface area (Å²) >= 11 is 0. The molecule has 21 heavy (non-hydrogen) atoms. The molecular formula is C16H9F3O2. The van der Waals surface area contributed by atoms with Gasteiger partial charge < -0.3 is 4.74 Å². The third-order valence-electron chi connectivity index (χ3n) is 3.14. The topological polar surface area (TPSA) is 26.3 Å². The standard InChI is InChI=1S/C16H9F3O2/c17-16(18,19)12-8-4-7-11-14(12)13(21-15(11)20)9-10-5-2-1-3-6-10/h1-9H. The van der Waals surface area contributed by atoms with E-state index in [1.807, 2.05) is 0 Å². The maximum atomic E-state index is 13.1. The summed E-state index contributed by atoms with van der Waals surface area (Å²) in [7, 11) is 0. The third-order valence-corrected chi connectivity index (χ3v) is 3.14. The highest BCUT2D eigenvalue weighted by atomic mass is 19.4. The van der Waals surface area contributed by atoms with Crippen LogP contribution in [0, 0.1) is 0 Å². The summed E-state index contributed by atoms with van der Waals surface area (Å²) in [4.78, 5) is 11.7. The number of hydrogen-bond donors (Lipinski definition) is 0. The number of alkyl halides is 3. The van der Waals surface area contributed by atoms with E-state index in [1.165, 1.54) is 18.2 Å². The van der Waals surface area contributed by atoms with Crippen molar-refractivity contribution in [3.05, 3.63) is 70.8 Å². The van der Waals surface area contributed by atoms with Crippen molar-refractivity contribution < 1.29 is 22.7 Å². The first-order valence-electron chi connectivity index (χ1n) is 6.16. The molecule has 106 valence electrons. The van der Waals surface area contributed by atoms with E-state index in [-0.39, 0.29) is 16.9 Å². The Bertz CT molecular complexity index is 731. The summed E-state index contributed by atoms with van der Waals surface area (Å²) in [6, 6.07) is 12.2. The highest BCUT2D eigenvalue weighted by molar-refractivity contribution is 6.06. The molecular weight excluding hydrogens is 281 g/mol. The molecule has 0 saturated carbocycles. The van der Waals surface area contributed by atoms with Crippen LogP contribution in [0.25, 0.3) is 11.8 Å². The molecule has 0 spiro atoms. The van der Waals surface area contributed by atoms with Gasteiger partial charge in [0.15, 0.2) is 0 Å². The summed E-state index contributed by atoms with van der Waals surface area (Å²) in [5.41, 5.74) is -0.469. The molecule has 0 N–H and O–H groups in total. The van der Waals surface area contributed by atoms with Crippen LogP contribution in [0.2, 0.25) is 0 Å². The number of cyclic esters (lactones) is 1. The Morgan fingerprint density at radius 1 is 0.952 bits per heavy atom. The van der Waals surface area contributed by atoms with Crippen LogP contribution in [0.3, 0.4) is 0 Å². The zero-order valence-electron chi connectivity index (χ0n) is 10.6. The molecule has 5 heteroatoms. The summed E-state index contributed by atoms with van der Waals surface area (Å²) < 4.78 is 44.3. The van der Waals surface area contributed by atoms with Crippen molar-refractivity contribution in [2.45, 2.75) is 6.18 Å². The first-order chi connectivity index (χ1) is 9.97. The number of ether oxygens (including phenoxy) is 1. The predicted molar refractivity (Wildman–Crippen MR) is 71.2 cm³/mol. The lowest BCUT2D eigenvalue weighted by atomic mass is 9.99. The third kappa shape index (κ3) is 2.42. The number of esters is 1. The van der Waals surface area contributed by atoms with E-state index < -0.39 is 17.7 Å². The van der Waals surface area contributed by atoms with Crippen molar-refractivity contribution in [1.29, 1.82) is 0 Å². The van der Waals surface area contributed by atoms with Gasteiger partial charge in [-0.25, -0.2) is 4.79 Å². The van der Waals surface area contributed by atoms with Crippen molar-refractivity contribution in [2.24, 2.45) is 0 Å². The highest BCUT2D eigenvalue weighted by Crippen LogP contribution is 2.41. The fourth-order valence-corrected chi connectivity index (χ4v) is 2.23. The van der Waals surface area contributed by atoms with E-state index in [9.17, 15) is 18.0 Å². The van der Waals surface area contributed by atoms with Gasteiger partial charge in [-0.2, -0.15) is 13.2 Å². The van der Waals surface area contributed by atoms with Crippen LogP contribution in [0.1, 0.15) is 27.0 Å². The quantitative estimate of drug-likeness (QED) is 0.729. The van der Waals surface area contributed by atoms with Crippen LogP contribution in [0.4, 0.5) is 13.2 Å². The molecule has 0 bridgehead atoms. The molecule has 0 amide bonds. The molecule has 0 unspecified atom stereocenters. The van der Waals surface area contributed by atoms with Crippen molar-refractivity contribution in [2.75, 3.05) is 0 Å². The maximum absolute atomic E-state index is 13.1. The van der Waals surface area contributed by atoms with Gasteiger partial charge in [-0.1, -0.05) is 36.4 Å². The second-order valence-corrected chi connectivity index (χ2v) is 4.53. The van der Waals surface area contributed by atoms with Gasteiger partial charge in [0, 0.05) is 5.56 Å². The van der Waals surface area contributed by atoms with Gasteiger partial charge in [0.2, 0.25) is 0 Å². The van der Waals surface area contributed by atoms with Gasteiger partial charge >= 0.3 is 12.1 Å². The van der Waals surface area contributed by atoms with Crippen LogP contribution in [-0.2, 0) is 10.9 Å². The Morgan fingerprint density at radius 3 is 2.33 bits per heavy atom. The SMILES string of the molecule is O=C1OC(=Cc2ccccc2)c2c1cccc2C(F)(F)F. The van der Waals surface area contributed by atoms with Crippen molar-refractivity contribution in [1.82, 2.24) is 0 Å². The van der Waals surface area contributed by atoms with E-state index in [0.717, 1.165) is 6.07 Å². The average Bonchev–Trinajstić information content (AvgIpc) is 2.76. The minimum Gasteiger partial charge on any atom is -0.422 e. The number of rotatable bonds is 1. The largest absolute Gasteiger partial charge is 0.422 e. The lowest BCUT2D eigenvalue weighted by molar-refractivity contribution is -0.137. The monoisotopic (exact) mass is 290 g/mol. The molecule has 0 atom stereocenters. The fraction of sp³-hybridized carbons (Fsp3) is 0.0625. The van der Waals surface area contributed by atoms with Gasteiger partial charge in [-0.3, -0.25) is 0 Å². The van der Waals surface area contributed by atoms with Crippen molar-refractivity contribution in [3.8, 4) is 0 Å². The molecule has 1 heterocycles. The van der Waals surface area contributed by atoms with Gasteiger partial charge in [0.25, 0.3) is 0 Å². The lowest BCUT2D eigenvalue weighted by Crippen LogP contribution is -2.08. The van der Waals surface area contributed by atoms with Gasteiger partial charge in [-0.05, 0) is 23.8 Å². The smallest absolute Gasteiger partial charge is 0.417 e. The van der Waals surface area contributed by atoms with E-state index in [1.54, 1.807) is 30.3 Å². The second-order valence-electron chi connectivity index (χ2n) is 4.53. The summed E-state index contributed by atoms with van der Waals surface area (Å²) in [6.45, 7) is 0. The highest BCUT2D eigenvalue weighted by Gasteiger charge is 2.40. The van der Waals surface area contributed by atoms with Gasteiger partial charge in [-0.15, -0.1) is 0 Å². The number of benzene rings is 2. The summed E-state index contributed by atoms with van der Waals surface area (Å²) in [6.07, 6.45) is -3.12. The van der Waals surface area contributed by atoms with E-state index in [4.69, 9.17) is 4.74 Å². The van der Waals surface area contributed by atoms with E-state index >= 15 is 0 Å². The average molecular weight is 290 g/mol. The molecule has 0 radical (unpaired) electrons. The van der Waals surface area contributed by atoms with Crippen molar-refractivity contribution >= 4 is 17.8 Å². The number of fused-ring (bicyclic) bond motifs is 1. The van der Waals surface area contributed by atoms with Gasteiger partial charge in [0.05, 0.1) is 11.1 Å². The number of hydrogen-bond acceptors (Lipinski definition) is 2. The van der Waals surface area contributed by atoms with Gasteiger partial charge in [0.1, 0.15) is 5.76 Å². The molecule has 3 rings (SSSR count). The molecule has 2 nitrogen and oxygen atoms in total. The summed E-state index contributed by atoms with van der Waals surface area (Å²) in [5.74, 6) is -0.840. The van der Waals surface area contributed by atoms with Crippen LogP contribution < -0.4 is 0 Å². The number of carbonyl (C=O) groups is 1. The normalized spacial score (nSPS) is 16.0. The first-order valence-corrected chi connectivity index (χ1v) is 6.16. The fourth-order valence-electron chi connectivity index (χ4n) is 2.23. The maximum Gasteiger partial charge on any atom is 0.417 e. The van der Waals surface area contributed by atoms with Crippen LogP contribution >= 0.6 is 0 Å². The predicted octanol–water partition coefficient (Wildman–Crippen LogP) is 4.37. The molecule has 2 aromatic carbocycles. The summed E-state index contributed by atoms with van der Waals surface area (Å²) in [5, 5.41) is 0. The second kappa shape index (κ2) is 4.77. The zero-order chi connectivity index (χ0) is 15.0. The molecule has 1 aliphatic rings. The molecule has 0 aliphatic carbocycles. The first kappa shape index (κ1) is 13.4. The minimum absolute atomic E-state index is 0.0630. The molecule has 0 saturated heterocycles. The van der Waals surface area contributed by atoms with E-state index in [0.29, 0.717) is 5.56 Å². The Kier molecular flexibility index (Phi) is 3.05. The number of halogens is 3. The Labute approximate surface area is 118 Å². The Hall–Kier alpha value is -2.56. The Balaban J connectivity index is 2.19. The lowest BCUT2D eigenvalue weighted by Gasteiger charge is -2.10. The molecule has 2 aromatic rings. The molecule has 0 aromatic heterocycles.